The molecule has 1 aliphatic heterocycles. The van der Waals surface area contributed by atoms with Gasteiger partial charge in [0.15, 0.2) is 0 Å². The summed E-state index contributed by atoms with van der Waals surface area (Å²) in [6, 6.07) is 3.63. The SMILES string of the molecule is C#CCN(Cc1ccco1)C(=O)N[C@@H]1[C@@H]2CCO[C@@H]2C1(C)C. The first-order valence-corrected chi connectivity index (χ1v) is 7.67. The van der Waals surface area contributed by atoms with Crippen LogP contribution in [0, 0.1) is 23.7 Å². The average molecular weight is 302 g/mol. The second-order valence-electron chi connectivity index (χ2n) is 6.63. The van der Waals surface area contributed by atoms with Gasteiger partial charge in [-0.1, -0.05) is 19.8 Å². The molecule has 0 spiro atoms. The zero-order valence-electron chi connectivity index (χ0n) is 13.0. The number of carbonyl (C=O) groups is 1. The number of terminal acetylenes is 1. The molecule has 1 saturated heterocycles. The molecule has 2 aliphatic rings. The number of nitrogens with one attached hydrogen (secondary N) is 1. The van der Waals surface area contributed by atoms with Crippen LogP contribution in [0.4, 0.5) is 4.79 Å². The number of ether oxygens (including phenoxy) is 1. The minimum Gasteiger partial charge on any atom is -0.467 e. The lowest BCUT2D eigenvalue weighted by Gasteiger charge is -2.54. The Kier molecular flexibility index (Phi) is 3.88. The standard InChI is InChI=1S/C17H22N2O3/c1-4-8-19(11-12-6-5-9-21-12)16(20)18-14-13-7-10-22-15(13)17(14,2)3/h1,5-6,9,13-15H,7-8,10-11H2,2-3H3,(H,18,20)/t13-,14+,15-/m0/s1. The van der Waals surface area contributed by atoms with E-state index in [1.807, 2.05) is 6.07 Å². The summed E-state index contributed by atoms with van der Waals surface area (Å²) >= 11 is 0. The zero-order chi connectivity index (χ0) is 15.7. The highest BCUT2D eigenvalue weighted by Crippen LogP contribution is 2.52. The highest BCUT2D eigenvalue weighted by Gasteiger charge is 2.59. The lowest BCUT2D eigenvalue weighted by molar-refractivity contribution is -0.109. The number of amides is 2. The Morgan fingerprint density at radius 1 is 1.59 bits per heavy atom. The number of carbonyl (C=O) groups excluding carboxylic acids is 1. The lowest BCUT2D eigenvalue weighted by Crippen LogP contribution is -2.67. The van der Waals surface area contributed by atoms with Crippen LogP contribution in [0.25, 0.3) is 0 Å². The third-order valence-corrected chi connectivity index (χ3v) is 4.88. The zero-order valence-corrected chi connectivity index (χ0v) is 13.0. The maximum Gasteiger partial charge on any atom is 0.318 e. The molecule has 118 valence electrons. The summed E-state index contributed by atoms with van der Waals surface area (Å²) in [5.41, 5.74) is -0.0384. The molecule has 0 radical (unpaired) electrons. The van der Waals surface area contributed by atoms with Crippen molar-refractivity contribution in [2.24, 2.45) is 11.3 Å². The second kappa shape index (κ2) is 5.69. The van der Waals surface area contributed by atoms with E-state index in [-0.39, 0.29) is 30.1 Å². The summed E-state index contributed by atoms with van der Waals surface area (Å²) in [6.07, 6.45) is 8.24. The predicted octanol–water partition coefficient (Wildman–Crippen LogP) is 2.24. The molecule has 1 N–H and O–H groups in total. The number of hydrogen-bond acceptors (Lipinski definition) is 3. The van der Waals surface area contributed by atoms with Crippen LogP contribution in [0.15, 0.2) is 22.8 Å². The summed E-state index contributed by atoms with van der Waals surface area (Å²) in [5, 5.41) is 3.15. The largest absolute Gasteiger partial charge is 0.467 e. The third kappa shape index (κ3) is 2.48. The van der Waals surface area contributed by atoms with Crippen LogP contribution in [-0.2, 0) is 11.3 Å². The Balaban J connectivity index is 1.65. The molecule has 2 amide bonds. The normalized spacial score (nSPS) is 28.3. The van der Waals surface area contributed by atoms with Crippen LogP contribution in [0.3, 0.4) is 0 Å². The van der Waals surface area contributed by atoms with E-state index in [1.54, 1.807) is 17.2 Å². The summed E-state index contributed by atoms with van der Waals surface area (Å²) in [7, 11) is 0. The number of hydrogen-bond donors (Lipinski definition) is 1. The van der Waals surface area contributed by atoms with Gasteiger partial charge in [0, 0.05) is 24.0 Å². The van der Waals surface area contributed by atoms with Gasteiger partial charge in [0.1, 0.15) is 5.76 Å². The molecular weight excluding hydrogens is 280 g/mol. The molecule has 0 bridgehead atoms. The Morgan fingerprint density at radius 2 is 2.41 bits per heavy atom. The van der Waals surface area contributed by atoms with E-state index in [9.17, 15) is 4.79 Å². The van der Waals surface area contributed by atoms with Crippen molar-refractivity contribution >= 4 is 6.03 Å². The maximum absolute atomic E-state index is 12.6. The molecule has 5 heteroatoms. The van der Waals surface area contributed by atoms with E-state index in [0.29, 0.717) is 12.5 Å². The van der Waals surface area contributed by atoms with Gasteiger partial charge in [-0.15, -0.1) is 6.42 Å². The van der Waals surface area contributed by atoms with E-state index in [4.69, 9.17) is 15.6 Å². The minimum atomic E-state index is -0.141. The fraction of sp³-hybridized carbons (Fsp3) is 0.588. The summed E-state index contributed by atoms with van der Waals surface area (Å²) in [4.78, 5) is 14.2. The summed E-state index contributed by atoms with van der Waals surface area (Å²) in [6.45, 7) is 5.70. The van der Waals surface area contributed by atoms with Crippen molar-refractivity contribution in [3.8, 4) is 12.3 Å². The number of nitrogens with zero attached hydrogens (tertiary/aromatic N) is 1. The van der Waals surface area contributed by atoms with Crippen molar-refractivity contribution in [3.63, 3.8) is 0 Å². The summed E-state index contributed by atoms with van der Waals surface area (Å²) < 4.78 is 11.1. The Bertz CT molecular complexity index is 573. The van der Waals surface area contributed by atoms with Crippen molar-refractivity contribution in [1.29, 1.82) is 0 Å². The highest BCUT2D eigenvalue weighted by molar-refractivity contribution is 5.75. The molecule has 2 heterocycles. The Labute approximate surface area is 131 Å². The number of urea groups is 1. The van der Waals surface area contributed by atoms with Crippen LogP contribution in [0.2, 0.25) is 0 Å². The van der Waals surface area contributed by atoms with Crippen molar-refractivity contribution in [3.05, 3.63) is 24.2 Å². The molecule has 22 heavy (non-hydrogen) atoms. The molecule has 3 rings (SSSR count). The predicted molar refractivity (Wildman–Crippen MR) is 81.9 cm³/mol. The molecule has 3 atom stereocenters. The van der Waals surface area contributed by atoms with Gasteiger partial charge < -0.3 is 19.4 Å². The van der Waals surface area contributed by atoms with Gasteiger partial charge in [-0.3, -0.25) is 0 Å². The van der Waals surface area contributed by atoms with E-state index in [1.165, 1.54) is 0 Å². The van der Waals surface area contributed by atoms with E-state index < -0.39 is 0 Å². The lowest BCUT2D eigenvalue weighted by atomic mass is 9.57. The van der Waals surface area contributed by atoms with E-state index in [2.05, 4.69) is 25.1 Å². The molecule has 0 unspecified atom stereocenters. The van der Waals surface area contributed by atoms with Gasteiger partial charge in [0.2, 0.25) is 0 Å². The average Bonchev–Trinajstić information content (AvgIpc) is 3.14. The summed E-state index contributed by atoms with van der Waals surface area (Å²) in [5.74, 6) is 3.67. The van der Waals surface area contributed by atoms with Gasteiger partial charge in [0.25, 0.3) is 0 Å². The van der Waals surface area contributed by atoms with E-state index >= 15 is 0 Å². The minimum absolute atomic E-state index is 0.0384. The molecule has 1 aromatic heterocycles. The van der Waals surface area contributed by atoms with Crippen molar-refractivity contribution in [2.45, 2.75) is 39.0 Å². The number of rotatable bonds is 4. The molecule has 1 saturated carbocycles. The maximum atomic E-state index is 12.6. The second-order valence-corrected chi connectivity index (χ2v) is 6.63. The number of fused-ring (bicyclic) bond motifs is 1. The third-order valence-electron chi connectivity index (χ3n) is 4.88. The molecule has 1 aliphatic carbocycles. The topological polar surface area (TPSA) is 54.7 Å². The first-order chi connectivity index (χ1) is 10.5. The van der Waals surface area contributed by atoms with Gasteiger partial charge in [-0.25, -0.2) is 4.79 Å². The van der Waals surface area contributed by atoms with Crippen molar-refractivity contribution in [1.82, 2.24) is 10.2 Å². The molecule has 2 fully saturated rings. The Morgan fingerprint density at radius 3 is 3.09 bits per heavy atom. The first kappa shape index (κ1) is 15.0. The fourth-order valence-corrected chi connectivity index (χ4v) is 3.74. The van der Waals surface area contributed by atoms with E-state index in [0.717, 1.165) is 18.8 Å². The molecule has 1 aromatic rings. The molecule has 0 aromatic carbocycles. The number of furan rings is 1. The van der Waals surface area contributed by atoms with Gasteiger partial charge >= 0.3 is 6.03 Å². The fourth-order valence-electron chi connectivity index (χ4n) is 3.74. The molecular formula is C17H22N2O3. The highest BCUT2D eigenvalue weighted by atomic mass is 16.5. The van der Waals surface area contributed by atoms with Crippen LogP contribution >= 0.6 is 0 Å². The quantitative estimate of drug-likeness (QED) is 0.868. The van der Waals surface area contributed by atoms with Gasteiger partial charge in [-0.2, -0.15) is 0 Å². The van der Waals surface area contributed by atoms with Crippen LogP contribution in [-0.4, -0.2) is 36.2 Å². The Hall–Kier alpha value is -1.93. The smallest absolute Gasteiger partial charge is 0.318 e. The first-order valence-electron chi connectivity index (χ1n) is 7.67. The van der Waals surface area contributed by atoms with Crippen LogP contribution < -0.4 is 5.32 Å². The molecule has 5 nitrogen and oxygen atoms in total. The van der Waals surface area contributed by atoms with Crippen LogP contribution in [0.1, 0.15) is 26.0 Å². The van der Waals surface area contributed by atoms with Crippen molar-refractivity contribution < 1.29 is 13.9 Å². The van der Waals surface area contributed by atoms with Gasteiger partial charge in [0.05, 0.1) is 25.5 Å². The van der Waals surface area contributed by atoms with Crippen molar-refractivity contribution in [2.75, 3.05) is 13.2 Å². The van der Waals surface area contributed by atoms with Crippen LogP contribution in [0.5, 0.6) is 0 Å². The van der Waals surface area contributed by atoms with Gasteiger partial charge in [-0.05, 0) is 18.6 Å². The monoisotopic (exact) mass is 302 g/mol.